The van der Waals surface area contributed by atoms with Gasteiger partial charge < -0.3 is 15.0 Å². The molecule has 1 unspecified atom stereocenters. The fourth-order valence-electron chi connectivity index (χ4n) is 5.05. The van der Waals surface area contributed by atoms with Crippen molar-refractivity contribution in [3.63, 3.8) is 0 Å². The minimum Gasteiger partial charge on any atom is -0.353 e. The zero-order valence-corrected chi connectivity index (χ0v) is 21.1. The Kier molecular flexibility index (Phi) is 7.20. The van der Waals surface area contributed by atoms with E-state index in [0.717, 1.165) is 11.1 Å². The molecule has 196 valence electrons. The molecule has 0 saturated carbocycles. The predicted molar refractivity (Wildman–Crippen MR) is 137 cm³/mol. The van der Waals surface area contributed by atoms with E-state index in [1.807, 2.05) is 25.1 Å². The Morgan fingerprint density at radius 2 is 1.66 bits per heavy atom. The summed E-state index contributed by atoms with van der Waals surface area (Å²) in [6.07, 6.45) is 4.04. The number of halogens is 1. The zero-order valence-electron chi connectivity index (χ0n) is 21.1. The largest absolute Gasteiger partial charge is 0.353 e. The second-order valence-electron chi connectivity index (χ2n) is 9.69. The van der Waals surface area contributed by atoms with E-state index in [1.165, 1.54) is 24.3 Å². The molecule has 0 bridgehead atoms. The van der Waals surface area contributed by atoms with Gasteiger partial charge in [-0.3, -0.25) is 24.3 Å². The minimum absolute atomic E-state index is 0.0579. The molecule has 2 aromatic carbocycles. The zero-order chi connectivity index (χ0) is 26.7. The number of likely N-dealkylation sites (tertiary alicyclic amines) is 1. The van der Waals surface area contributed by atoms with Gasteiger partial charge in [0, 0.05) is 56.0 Å². The van der Waals surface area contributed by atoms with Crippen LogP contribution in [0.3, 0.4) is 0 Å². The molecule has 5 rings (SSSR count). The maximum Gasteiger partial charge on any atom is 0.256 e. The molecule has 1 atom stereocenters. The maximum atomic E-state index is 13.8. The number of carbonyl (C=O) groups excluding carboxylic acids is 3. The van der Waals surface area contributed by atoms with Crippen LogP contribution < -0.4 is 5.32 Å². The molecular formula is C29H29FN4O4. The van der Waals surface area contributed by atoms with E-state index in [2.05, 4.69) is 10.3 Å². The summed E-state index contributed by atoms with van der Waals surface area (Å²) >= 11 is 0. The monoisotopic (exact) mass is 516 g/mol. The van der Waals surface area contributed by atoms with Crippen molar-refractivity contribution in [1.29, 1.82) is 0 Å². The molecule has 9 heteroatoms. The van der Waals surface area contributed by atoms with Crippen molar-refractivity contribution in [2.75, 3.05) is 19.7 Å². The van der Waals surface area contributed by atoms with Gasteiger partial charge in [0.2, 0.25) is 5.91 Å². The molecule has 1 spiro atoms. The highest BCUT2D eigenvalue weighted by atomic mass is 19.1. The average Bonchev–Trinajstić information content (AvgIpc) is 3.31. The number of pyridine rings is 1. The Hall–Kier alpha value is -4.11. The number of amides is 3. The third-order valence-electron chi connectivity index (χ3n) is 7.19. The summed E-state index contributed by atoms with van der Waals surface area (Å²) < 4.78 is 19.6. The number of benzene rings is 2. The molecule has 2 aliphatic heterocycles. The van der Waals surface area contributed by atoms with Gasteiger partial charge in [-0.2, -0.15) is 0 Å². The topological polar surface area (TPSA) is 91.8 Å². The van der Waals surface area contributed by atoms with Gasteiger partial charge in [-0.05, 0) is 55.0 Å². The average molecular weight is 517 g/mol. The Morgan fingerprint density at radius 1 is 1.00 bits per heavy atom. The van der Waals surface area contributed by atoms with Crippen molar-refractivity contribution >= 4 is 17.7 Å². The van der Waals surface area contributed by atoms with Crippen molar-refractivity contribution in [3.05, 3.63) is 101 Å². The van der Waals surface area contributed by atoms with Crippen molar-refractivity contribution in [2.45, 2.75) is 38.1 Å². The van der Waals surface area contributed by atoms with Crippen molar-refractivity contribution in [3.8, 4) is 0 Å². The van der Waals surface area contributed by atoms with Gasteiger partial charge in [-0.25, -0.2) is 4.39 Å². The third kappa shape index (κ3) is 5.15. The first kappa shape index (κ1) is 25.5. The minimum atomic E-state index is -1.02. The quantitative estimate of drug-likeness (QED) is 0.562. The molecule has 8 nitrogen and oxygen atoms in total. The van der Waals surface area contributed by atoms with Crippen LogP contribution in [0.4, 0.5) is 4.39 Å². The van der Waals surface area contributed by atoms with Crippen LogP contribution in [0.25, 0.3) is 0 Å². The van der Waals surface area contributed by atoms with E-state index < -0.39 is 17.6 Å². The Morgan fingerprint density at radius 3 is 2.32 bits per heavy atom. The van der Waals surface area contributed by atoms with Gasteiger partial charge in [0.1, 0.15) is 17.6 Å². The summed E-state index contributed by atoms with van der Waals surface area (Å²) in [6, 6.07) is 15.5. The first-order chi connectivity index (χ1) is 18.4. The van der Waals surface area contributed by atoms with Gasteiger partial charge in [0.15, 0.2) is 0 Å². The summed E-state index contributed by atoms with van der Waals surface area (Å²) in [5, 5.41) is 2.91. The number of rotatable bonds is 5. The highest BCUT2D eigenvalue weighted by Crippen LogP contribution is 2.39. The molecule has 2 saturated heterocycles. The van der Waals surface area contributed by atoms with Crippen LogP contribution in [0.2, 0.25) is 0 Å². The number of piperidine rings is 1. The number of carbonyl (C=O) groups is 3. The lowest BCUT2D eigenvalue weighted by molar-refractivity contribution is -0.128. The highest BCUT2D eigenvalue weighted by molar-refractivity contribution is 5.98. The molecule has 3 aromatic rings. The summed E-state index contributed by atoms with van der Waals surface area (Å²) in [5.74, 6) is -1.21. The van der Waals surface area contributed by atoms with Crippen LogP contribution in [-0.2, 0) is 16.1 Å². The van der Waals surface area contributed by atoms with Crippen LogP contribution >= 0.6 is 0 Å². The number of nitrogens with one attached hydrogen (secondary N) is 1. The van der Waals surface area contributed by atoms with E-state index in [1.54, 1.807) is 40.4 Å². The number of aromatic nitrogens is 1. The standard InChI is InChI=1S/C29H29FN4O4/c1-20-4-6-23(7-5-20)28(37)34-25(26(35)32-18-21-3-2-14-31-17-21)19-38-29(34)12-15-33(16-13-29)27(36)22-8-10-24(30)11-9-22/h2-11,14,17,25H,12-13,15-16,18-19H2,1H3,(H,32,35). The van der Waals surface area contributed by atoms with Crippen molar-refractivity contribution in [1.82, 2.24) is 20.1 Å². The fourth-order valence-corrected chi connectivity index (χ4v) is 5.05. The van der Waals surface area contributed by atoms with E-state index in [0.29, 0.717) is 37.1 Å². The van der Waals surface area contributed by atoms with Crippen LogP contribution in [-0.4, -0.2) is 64.0 Å². The first-order valence-corrected chi connectivity index (χ1v) is 12.6. The van der Waals surface area contributed by atoms with Crippen LogP contribution in [0, 0.1) is 12.7 Å². The third-order valence-corrected chi connectivity index (χ3v) is 7.19. The molecule has 0 aliphatic carbocycles. The van der Waals surface area contributed by atoms with Gasteiger partial charge in [0.05, 0.1) is 6.61 Å². The van der Waals surface area contributed by atoms with Gasteiger partial charge >= 0.3 is 0 Å². The lowest BCUT2D eigenvalue weighted by Crippen LogP contribution is -2.59. The second-order valence-corrected chi connectivity index (χ2v) is 9.69. The normalized spacial score (nSPS) is 18.4. The molecule has 0 radical (unpaired) electrons. The Balaban J connectivity index is 1.36. The molecule has 3 heterocycles. The molecule has 3 amide bonds. The lowest BCUT2D eigenvalue weighted by Gasteiger charge is -2.44. The van der Waals surface area contributed by atoms with E-state index >= 15 is 0 Å². The van der Waals surface area contributed by atoms with E-state index in [4.69, 9.17) is 4.74 Å². The Labute approximate surface area is 220 Å². The molecule has 2 fully saturated rings. The fraction of sp³-hybridized carbons (Fsp3) is 0.310. The van der Waals surface area contributed by atoms with E-state index in [-0.39, 0.29) is 30.9 Å². The summed E-state index contributed by atoms with van der Waals surface area (Å²) in [6.45, 7) is 2.94. The predicted octanol–water partition coefficient (Wildman–Crippen LogP) is 3.32. The Bertz CT molecular complexity index is 1310. The molecule has 38 heavy (non-hydrogen) atoms. The number of nitrogens with zero attached hydrogens (tertiary/aromatic N) is 3. The van der Waals surface area contributed by atoms with Crippen molar-refractivity contribution in [2.24, 2.45) is 0 Å². The van der Waals surface area contributed by atoms with Gasteiger partial charge in [-0.15, -0.1) is 0 Å². The van der Waals surface area contributed by atoms with Gasteiger partial charge in [-0.1, -0.05) is 23.8 Å². The van der Waals surface area contributed by atoms with Crippen LogP contribution in [0.1, 0.15) is 44.7 Å². The molecule has 1 aromatic heterocycles. The summed E-state index contributed by atoms with van der Waals surface area (Å²) in [4.78, 5) is 47.5. The van der Waals surface area contributed by atoms with Crippen LogP contribution in [0.5, 0.6) is 0 Å². The number of hydrogen-bond donors (Lipinski definition) is 1. The summed E-state index contributed by atoms with van der Waals surface area (Å²) in [5.41, 5.74) is 1.72. The smallest absolute Gasteiger partial charge is 0.256 e. The lowest BCUT2D eigenvalue weighted by atomic mass is 9.96. The number of hydrogen-bond acceptors (Lipinski definition) is 5. The van der Waals surface area contributed by atoms with Crippen LogP contribution in [0.15, 0.2) is 73.1 Å². The maximum absolute atomic E-state index is 13.8. The molecule has 2 aliphatic rings. The van der Waals surface area contributed by atoms with E-state index in [9.17, 15) is 18.8 Å². The number of ether oxygens (including phenoxy) is 1. The highest BCUT2D eigenvalue weighted by Gasteiger charge is 2.54. The van der Waals surface area contributed by atoms with Gasteiger partial charge in [0.25, 0.3) is 11.8 Å². The first-order valence-electron chi connectivity index (χ1n) is 12.6. The van der Waals surface area contributed by atoms with Crippen molar-refractivity contribution < 1.29 is 23.5 Å². The molecule has 1 N–H and O–H groups in total. The second kappa shape index (κ2) is 10.7. The number of aryl methyl sites for hydroxylation is 1. The SMILES string of the molecule is Cc1ccc(C(=O)N2C(C(=O)NCc3cccnc3)COC23CCN(C(=O)c2ccc(F)cc2)CC3)cc1. The molecular weight excluding hydrogens is 487 g/mol. The summed E-state index contributed by atoms with van der Waals surface area (Å²) in [7, 11) is 0.